The summed E-state index contributed by atoms with van der Waals surface area (Å²) >= 11 is 2.15. The molecular formula is C11H14IN3O. The fourth-order valence-electron chi connectivity index (χ4n) is 2.57. The minimum Gasteiger partial charge on any atom is -0.472 e. The van der Waals surface area contributed by atoms with E-state index < -0.39 is 0 Å². The third-order valence-corrected chi connectivity index (χ3v) is 4.05. The largest absolute Gasteiger partial charge is 0.472 e. The van der Waals surface area contributed by atoms with Gasteiger partial charge in [0.2, 0.25) is 5.88 Å². The minimum absolute atomic E-state index is 0.317. The highest BCUT2D eigenvalue weighted by Crippen LogP contribution is 2.29. The molecule has 3 fully saturated rings. The summed E-state index contributed by atoms with van der Waals surface area (Å²) < 4.78 is 6.83. The first-order valence-electron chi connectivity index (χ1n) is 5.69. The third-order valence-electron chi connectivity index (χ3n) is 3.48. The van der Waals surface area contributed by atoms with Crippen molar-refractivity contribution in [1.29, 1.82) is 0 Å². The van der Waals surface area contributed by atoms with Crippen molar-refractivity contribution in [3.8, 4) is 5.88 Å². The van der Waals surface area contributed by atoms with Crippen molar-refractivity contribution in [3.05, 3.63) is 15.8 Å². The second-order valence-corrected chi connectivity index (χ2v) is 5.59. The molecule has 0 radical (unpaired) electrons. The van der Waals surface area contributed by atoms with Gasteiger partial charge in [-0.25, -0.2) is 0 Å². The van der Waals surface area contributed by atoms with Crippen LogP contribution in [0.15, 0.2) is 12.1 Å². The van der Waals surface area contributed by atoms with E-state index >= 15 is 0 Å². The second kappa shape index (κ2) is 4.44. The first-order chi connectivity index (χ1) is 7.81. The summed E-state index contributed by atoms with van der Waals surface area (Å²) in [6.07, 6.45) is 2.85. The Balaban J connectivity index is 1.68. The zero-order valence-corrected chi connectivity index (χ0v) is 11.1. The quantitative estimate of drug-likeness (QED) is 0.771. The molecule has 1 aromatic heterocycles. The number of ether oxygens (including phenoxy) is 1. The summed E-state index contributed by atoms with van der Waals surface area (Å²) in [6.45, 7) is 3.53. The van der Waals surface area contributed by atoms with E-state index in [1.54, 1.807) is 0 Å². The first kappa shape index (κ1) is 10.7. The molecule has 0 amide bonds. The molecule has 4 heterocycles. The van der Waals surface area contributed by atoms with Gasteiger partial charge in [0.15, 0.2) is 0 Å². The van der Waals surface area contributed by atoms with Crippen LogP contribution in [0.5, 0.6) is 5.88 Å². The Morgan fingerprint density at radius 1 is 1.25 bits per heavy atom. The van der Waals surface area contributed by atoms with Gasteiger partial charge in [-0.1, -0.05) is 0 Å². The van der Waals surface area contributed by atoms with E-state index in [-0.39, 0.29) is 0 Å². The molecule has 4 nitrogen and oxygen atoms in total. The van der Waals surface area contributed by atoms with Crippen LogP contribution in [0.4, 0.5) is 0 Å². The van der Waals surface area contributed by atoms with Crippen molar-refractivity contribution >= 4 is 22.6 Å². The minimum atomic E-state index is 0.317. The van der Waals surface area contributed by atoms with Crippen LogP contribution < -0.4 is 4.74 Å². The van der Waals surface area contributed by atoms with E-state index in [1.165, 1.54) is 25.9 Å². The van der Waals surface area contributed by atoms with E-state index in [9.17, 15) is 0 Å². The van der Waals surface area contributed by atoms with Crippen molar-refractivity contribution in [3.63, 3.8) is 0 Å². The Labute approximate surface area is 109 Å². The topological polar surface area (TPSA) is 38.2 Å². The molecule has 0 aromatic carbocycles. The van der Waals surface area contributed by atoms with E-state index in [2.05, 4.69) is 37.7 Å². The Morgan fingerprint density at radius 3 is 2.62 bits per heavy atom. The van der Waals surface area contributed by atoms with Crippen LogP contribution in [-0.4, -0.2) is 40.8 Å². The van der Waals surface area contributed by atoms with Gasteiger partial charge in [0, 0.05) is 12.6 Å². The fourth-order valence-corrected chi connectivity index (χ4v) is 2.85. The van der Waals surface area contributed by atoms with Gasteiger partial charge in [-0.05, 0) is 60.5 Å². The molecule has 0 aliphatic carbocycles. The molecule has 4 rings (SSSR count). The number of halogens is 1. The monoisotopic (exact) mass is 331 g/mol. The number of piperidine rings is 3. The highest BCUT2D eigenvalue weighted by molar-refractivity contribution is 14.1. The molecule has 0 spiro atoms. The zero-order chi connectivity index (χ0) is 11.0. The summed E-state index contributed by atoms with van der Waals surface area (Å²) in [5.41, 5.74) is 0. The molecule has 0 saturated carbocycles. The normalized spacial score (nSPS) is 32.7. The number of rotatable bonds is 2. The lowest BCUT2D eigenvalue weighted by Crippen LogP contribution is -2.52. The number of fused-ring (bicyclic) bond motifs is 3. The highest BCUT2D eigenvalue weighted by Gasteiger charge is 2.35. The SMILES string of the molecule is Ic1ccc(O[C@H]2CN3CCC2CC3)nn1. The Morgan fingerprint density at radius 2 is 2.06 bits per heavy atom. The van der Waals surface area contributed by atoms with Gasteiger partial charge in [-0.3, -0.25) is 4.90 Å². The van der Waals surface area contributed by atoms with Crippen molar-refractivity contribution in [1.82, 2.24) is 15.1 Å². The molecule has 3 saturated heterocycles. The van der Waals surface area contributed by atoms with Crippen LogP contribution in [-0.2, 0) is 0 Å². The van der Waals surface area contributed by atoms with Gasteiger partial charge in [-0.15, -0.1) is 10.2 Å². The fraction of sp³-hybridized carbons (Fsp3) is 0.636. The van der Waals surface area contributed by atoms with E-state index in [1.807, 2.05) is 12.1 Å². The molecule has 0 N–H and O–H groups in total. The summed E-state index contributed by atoms with van der Waals surface area (Å²) in [5, 5.41) is 8.06. The lowest BCUT2D eigenvalue weighted by Gasteiger charge is -2.44. The Kier molecular flexibility index (Phi) is 2.97. The maximum atomic E-state index is 5.93. The molecule has 3 aliphatic rings. The average molecular weight is 331 g/mol. The van der Waals surface area contributed by atoms with Crippen LogP contribution in [0.2, 0.25) is 0 Å². The van der Waals surface area contributed by atoms with Gasteiger partial charge in [0.1, 0.15) is 9.80 Å². The van der Waals surface area contributed by atoms with Gasteiger partial charge in [0.05, 0.1) is 0 Å². The first-order valence-corrected chi connectivity index (χ1v) is 6.77. The molecule has 3 aliphatic heterocycles. The lowest BCUT2D eigenvalue weighted by atomic mass is 9.86. The van der Waals surface area contributed by atoms with E-state index in [0.717, 1.165) is 10.2 Å². The molecule has 16 heavy (non-hydrogen) atoms. The summed E-state index contributed by atoms with van der Waals surface area (Å²) in [7, 11) is 0. The zero-order valence-electron chi connectivity index (χ0n) is 8.97. The number of hydrogen-bond donors (Lipinski definition) is 0. The molecule has 0 unspecified atom stereocenters. The molecule has 86 valence electrons. The predicted molar refractivity (Wildman–Crippen MR) is 68.3 cm³/mol. The molecule has 1 atom stereocenters. The van der Waals surface area contributed by atoms with Gasteiger partial charge >= 0.3 is 0 Å². The molecular weight excluding hydrogens is 317 g/mol. The van der Waals surface area contributed by atoms with Crippen LogP contribution in [0, 0.1) is 9.62 Å². The van der Waals surface area contributed by atoms with Crippen LogP contribution in [0.3, 0.4) is 0 Å². The molecule has 5 heteroatoms. The highest BCUT2D eigenvalue weighted by atomic mass is 127. The summed E-state index contributed by atoms with van der Waals surface area (Å²) in [6, 6.07) is 3.84. The summed E-state index contributed by atoms with van der Waals surface area (Å²) in [5.74, 6) is 1.38. The van der Waals surface area contributed by atoms with Crippen LogP contribution >= 0.6 is 22.6 Å². The molecule has 1 aromatic rings. The van der Waals surface area contributed by atoms with Crippen LogP contribution in [0.25, 0.3) is 0 Å². The maximum absolute atomic E-state index is 5.93. The van der Waals surface area contributed by atoms with Gasteiger partial charge in [-0.2, -0.15) is 0 Å². The molecule has 2 bridgehead atoms. The standard InChI is InChI=1S/C11H14IN3O/c12-10-1-2-11(14-13-10)16-9-7-15-5-3-8(9)4-6-15/h1-2,8-9H,3-7H2/t9-/m0/s1. The third kappa shape index (κ3) is 2.15. The van der Waals surface area contributed by atoms with E-state index in [4.69, 9.17) is 4.74 Å². The number of nitrogens with zero attached hydrogens (tertiary/aromatic N) is 3. The number of hydrogen-bond acceptors (Lipinski definition) is 4. The van der Waals surface area contributed by atoms with Crippen molar-refractivity contribution in [2.45, 2.75) is 18.9 Å². The lowest BCUT2D eigenvalue weighted by molar-refractivity contribution is -0.0104. The van der Waals surface area contributed by atoms with Crippen molar-refractivity contribution < 1.29 is 4.74 Å². The van der Waals surface area contributed by atoms with Crippen molar-refractivity contribution in [2.75, 3.05) is 19.6 Å². The van der Waals surface area contributed by atoms with Gasteiger partial charge < -0.3 is 4.74 Å². The predicted octanol–water partition coefficient (Wildman–Crippen LogP) is 1.55. The number of aromatic nitrogens is 2. The Hall–Kier alpha value is -0.430. The average Bonchev–Trinajstić information content (AvgIpc) is 2.34. The Bertz CT molecular complexity index is 362. The maximum Gasteiger partial charge on any atom is 0.233 e. The second-order valence-electron chi connectivity index (χ2n) is 4.49. The van der Waals surface area contributed by atoms with Gasteiger partial charge in [0.25, 0.3) is 0 Å². The van der Waals surface area contributed by atoms with Crippen molar-refractivity contribution in [2.24, 2.45) is 5.92 Å². The summed E-state index contributed by atoms with van der Waals surface area (Å²) in [4.78, 5) is 2.48. The van der Waals surface area contributed by atoms with Crippen LogP contribution in [0.1, 0.15) is 12.8 Å². The smallest absolute Gasteiger partial charge is 0.233 e. The van der Waals surface area contributed by atoms with E-state index in [0.29, 0.717) is 17.9 Å².